The predicted molar refractivity (Wildman–Crippen MR) is 131 cm³/mol. The first kappa shape index (κ1) is 27.1. The van der Waals surface area contributed by atoms with Gasteiger partial charge in [-0.2, -0.15) is 0 Å². The van der Waals surface area contributed by atoms with E-state index in [0.29, 0.717) is 23.3 Å². The molecule has 0 aromatic rings. The molecule has 0 aromatic carbocycles. The van der Waals surface area contributed by atoms with Crippen LogP contribution in [0.5, 0.6) is 0 Å². The van der Waals surface area contributed by atoms with Crippen molar-refractivity contribution < 1.29 is 4.21 Å². The molecule has 0 aromatic heterocycles. The maximum absolute atomic E-state index is 12.2. The van der Waals surface area contributed by atoms with Crippen LogP contribution in [0.3, 0.4) is 0 Å². The van der Waals surface area contributed by atoms with Crippen LogP contribution < -0.4 is 10.6 Å². The molecule has 2 N–H and O–H groups in total. The molecule has 4 atom stereocenters. The molecule has 0 bridgehead atoms. The van der Waals surface area contributed by atoms with Crippen LogP contribution in [-0.4, -0.2) is 64.8 Å². The summed E-state index contributed by atoms with van der Waals surface area (Å²) in [7, 11) is 1.16. The van der Waals surface area contributed by atoms with Gasteiger partial charge in [0, 0.05) is 47.5 Å². The number of nitrogens with zero attached hydrogens (tertiary/aromatic N) is 2. The van der Waals surface area contributed by atoms with Crippen LogP contribution in [0.25, 0.3) is 0 Å². The molecule has 27 heavy (non-hydrogen) atoms. The Kier molecular flexibility index (Phi) is 15.1. The van der Waals surface area contributed by atoms with Gasteiger partial charge in [0.15, 0.2) is 5.96 Å². The van der Waals surface area contributed by atoms with Gasteiger partial charge in [0.2, 0.25) is 0 Å². The Bertz CT molecular complexity index is 444. The summed E-state index contributed by atoms with van der Waals surface area (Å²) in [6.45, 7) is 14.1. The Balaban J connectivity index is 0.00000676. The molecule has 162 valence electrons. The summed E-state index contributed by atoms with van der Waals surface area (Å²) >= 11 is 0. The lowest BCUT2D eigenvalue weighted by Crippen LogP contribution is -2.51. The van der Waals surface area contributed by atoms with E-state index in [4.69, 9.17) is 0 Å². The highest BCUT2D eigenvalue weighted by Crippen LogP contribution is 2.23. The van der Waals surface area contributed by atoms with E-state index in [1.54, 1.807) is 0 Å². The molecule has 5 nitrogen and oxygen atoms in total. The third-order valence-corrected chi connectivity index (χ3v) is 7.16. The van der Waals surface area contributed by atoms with Gasteiger partial charge >= 0.3 is 0 Å². The minimum Gasteiger partial charge on any atom is -0.355 e. The molecule has 1 fully saturated rings. The monoisotopic (exact) mass is 514 g/mol. The van der Waals surface area contributed by atoms with E-state index in [1.165, 1.54) is 6.42 Å². The summed E-state index contributed by atoms with van der Waals surface area (Å²) in [5, 5.41) is 7.48. The number of nitrogens with one attached hydrogen (secondary N) is 2. The SMILES string of the molecule is CCN(CC)C(CNC(=NC)NC1CCCC(S(=O)CC)C1)CC(C)C.I. The van der Waals surface area contributed by atoms with Crippen LogP contribution in [0.4, 0.5) is 0 Å². The summed E-state index contributed by atoms with van der Waals surface area (Å²) in [6.07, 6.45) is 5.58. The Hall–Kier alpha value is 0.110. The molecule has 0 spiro atoms. The fourth-order valence-electron chi connectivity index (χ4n) is 4.00. The van der Waals surface area contributed by atoms with E-state index < -0.39 is 10.8 Å². The molecule has 4 unspecified atom stereocenters. The van der Waals surface area contributed by atoms with E-state index in [1.807, 2.05) is 14.0 Å². The van der Waals surface area contributed by atoms with Gasteiger partial charge in [-0.05, 0) is 44.7 Å². The number of rotatable bonds is 10. The van der Waals surface area contributed by atoms with Crippen LogP contribution in [0.15, 0.2) is 4.99 Å². The van der Waals surface area contributed by atoms with Crippen molar-refractivity contribution >= 4 is 40.7 Å². The standard InChI is InChI=1S/C20H42N4OS.HI/c1-7-24(8-2)18(13-16(4)5)15-22-20(21-6)23-17-11-10-12-19(14-17)26(25)9-3;/h16-19H,7-15H2,1-6H3,(H2,21,22,23);1H. The zero-order valence-electron chi connectivity index (χ0n) is 18.3. The van der Waals surface area contributed by atoms with Gasteiger partial charge in [-0.15, -0.1) is 24.0 Å². The van der Waals surface area contributed by atoms with E-state index in [0.717, 1.165) is 57.0 Å². The Morgan fingerprint density at radius 2 is 1.89 bits per heavy atom. The minimum atomic E-state index is -0.684. The third-order valence-electron chi connectivity index (χ3n) is 5.42. The zero-order chi connectivity index (χ0) is 19.5. The normalized spacial score (nSPS) is 23.0. The highest BCUT2D eigenvalue weighted by atomic mass is 127. The Morgan fingerprint density at radius 3 is 2.41 bits per heavy atom. The lowest BCUT2D eigenvalue weighted by molar-refractivity contribution is 0.191. The first-order valence-electron chi connectivity index (χ1n) is 10.5. The third kappa shape index (κ3) is 9.92. The lowest BCUT2D eigenvalue weighted by atomic mass is 9.95. The topological polar surface area (TPSA) is 56.7 Å². The number of guanidine groups is 1. The summed E-state index contributed by atoms with van der Waals surface area (Å²) < 4.78 is 12.2. The molecule has 1 aliphatic rings. The molecular formula is C20H43IN4OS. The average Bonchev–Trinajstić information content (AvgIpc) is 2.64. The number of likely N-dealkylation sites (N-methyl/N-ethyl adjacent to an activating group) is 1. The maximum Gasteiger partial charge on any atom is 0.191 e. The number of hydrogen-bond acceptors (Lipinski definition) is 3. The van der Waals surface area contributed by atoms with Gasteiger partial charge in [0.1, 0.15) is 0 Å². The predicted octanol–water partition coefficient (Wildman–Crippen LogP) is 3.61. The van der Waals surface area contributed by atoms with E-state index in [9.17, 15) is 4.21 Å². The highest BCUT2D eigenvalue weighted by molar-refractivity contribution is 14.0. The summed E-state index contributed by atoms with van der Waals surface area (Å²) in [6, 6.07) is 0.905. The first-order valence-corrected chi connectivity index (χ1v) is 11.9. The van der Waals surface area contributed by atoms with Crippen molar-refractivity contribution in [2.24, 2.45) is 10.9 Å². The molecule has 1 aliphatic carbocycles. The van der Waals surface area contributed by atoms with Crippen LogP contribution >= 0.6 is 24.0 Å². The van der Waals surface area contributed by atoms with Crippen LogP contribution in [0.2, 0.25) is 0 Å². The van der Waals surface area contributed by atoms with Crippen LogP contribution in [-0.2, 0) is 10.8 Å². The Morgan fingerprint density at radius 1 is 1.22 bits per heavy atom. The van der Waals surface area contributed by atoms with Gasteiger partial charge in [0.05, 0.1) is 0 Å². The summed E-state index contributed by atoms with van der Waals surface area (Å²) in [5.74, 6) is 2.34. The molecule has 0 radical (unpaired) electrons. The van der Waals surface area contributed by atoms with E-state index in [-0.39, 0.29) is 24.0 Å². The quantitative estimate of drug-likeness (QED) is 0.266. The zero-order valence-corrected chi connectivity index (χ0v) is 21.4. The fraction of sp³-hybridized carbons (Fsp3) is 0.950. The van der Waals surface area contributed by atoms with Gasteiger partial charge in [0.25, 0.3) is 0 Å². The average molecular weight is 515 g/mol. The molecule has 0 saturated heterocycles. The fourth-order valence-corrected chi connectivity index (χ4v) is 5.35. The van der Waals surface area contributed by atoms with Crippen molar-refractivity contribution in [1.82, 2.24) is 15.5 Å². The molecule has 0 amide bonds. The molecule has 1 rings (SSSR count). The lowest BCUT2D eigenvalue weighted by Gasteiger charge is -2.33. The van der Waals surface area contributed by atoms with Crippen LogP contribution in [0.1, 0.15) is 66.7 Å². The van der Waals surface area contributed by atoms with Crippen molar-refractivity contribution in [1.29, 1.82) is 0 Å². The second kappa shape index (κ2) is 15.0. The van der Waals surface area contributed by atoms with Gasteiger partial charge in [-0.25, -0.2) is 0 Å². The highest BCUT2D eigenvalue weighted by Gasteiger charge is 2.26. The second-order valence-corrected chi connectivity index (χ2v) is 9.76. The molecule has 0 heterocycles. The van der Waals surface area contributed by atoms with Gasteiger partial charge in [-0.3, -0.25) is 14.1 Å². The van der Waals surface area contributed by atoms with E-state index in [2.05, 4.69) is 48.2 Å². The number of halogens is 1. The first-order chi connectivity index (χ1) is 12.4. The van der Waals surface area contributed by atoms with Crippen LogP contribution in [0, 0.1) is 5.92 Å². The van der Waals surface area contributed by atoms with Crippen molar-refractivity contribution in [3.05, 3.63) is 0 Å². The minimum absolute atomic E-state index is 0. The number of aliphatic imine (C=N–C) groups is 1. The maximum atomic E-state index is 12.2. The molecule has 0 aliphatic heterocycles. The van der Waals surface area contributed by atoms with Crippen molar-refractivity contribution in [2.45, 2.75) is 84.1 Å². The smallest absolute Gasteiger partial charge is 0.191 e. The Labute approximate surface area is 187 Å². The van der Waals surface area contributed by atoms with E-state index >= 15 is 0 Å². The van der Waals surface area contributed by atoms with Crippen molar-refractivity contribution in [2.75, 3.05) is 32.4 Å². The summed E-state index contributed by atoms with van der Waals surface area (Å²) in [5.41, 5.74) is 0. The number of hydrogen-bond donors (Lipinski definition) is 2. The van der Waals surface area contributed by atoms with Gasteiger partial charge < -0.3 is 10.6 Å². The molecular weight excluding hydrogens is 471 g/mol. The van der Waals surface area contributed by atoms with Crippen molar-refractivity contribution in [3.8, 4) is 0 Å². The molecule has 1 saturated carbocycles. The summed E-state index contributed by atoms with van der Waals surface area (Å²) in [4.78, 5) is 6.96. The van der Waals surface area contributed by atoms with Gasteiger partial charge in [-0.1, -0.05) is 41.0 Å². The second-order valence-electron chi connectivity index (χ2n) is 7.76. The van der Waals surface area contributed by atoms with Crippen molar-refractivity contribution in [3.63, 3.8) is 0 Å². The molecule has 7 heteroatoms. The largest absolute Gasteiger partial charge is 0.355 e.